The number of aliphatic hydroxyl groups is 8. The minimum absolute atomic E-state index is 0.258. The topological polar surface area (TPSA) is 228 Å². The highest BCUT2D eigenvalue weighted by atomic mass is 16.7. The SMILES string of the molecule is CC/C=C\C/C=C\C/C=C\C/C=C\C/C=C\C/C=C\C/C=C\C/C=C\CCCCCCCCCCCCCCC(=O)NC(COC1OC(CO)C(OC2OC(CO)C(O)C(O)C2O)C(O)C1O)C(O)/C=C/CC/C=C/CC/C=C/CC. The molecule has 0 saturated carbocycles. The van der Waals surface area contributed by atoms with Crippen molar-refractivity contribution in [3.8, 4) is 0 Å². The quantitative estimate of drug-likeness (QED) is 0.0204. The summed E-state index contributed by atoms with van der Waals surface area (Å²) in [7, 11) is 0. The first-order valence-corrected chi connectivity index (χ1v) is 30.9. The minimum atomic E-state index is -1.80. The van der Waals surface area contributed by atoms with Crippen LogP contribution in [-0.2, 0) is 23.7 Å². The summed E-state index contributed by atoms with van der Waals surface area (Å²) < 4.78 is 22.7. The monoisotopic (exact) mass is 1140 g/mol. The summed E-state index contributed by atoms with van der Waals surface area (Å²) in [6.07, 6.45) is 58.2. The van der Waals surface area contributed by atoms with Gasteiger partial charge in [-0.15, -0.1) is 0 Å². The maximum Gasteiger partial charge on any atom is 0.220 e. The number of ether oxygens (including phenoxy) is 4. The Labute approximate surface area is 488 Å². The van der Waals surface area contributed by atoms with Crippen LogP contribution >= 0.6 is 0 Å². The van der Waals surface area contributed by atoms with Crippen LogP contribution in [0.15, 0.2) is 134 Å². The lowest BCUT2D eigenvalue weighted by molar-refractivity contribution is -0.359. The smallest absolute Gasteiger partial charge is 0.220 e. The third-order valence-corrected chi connectivity index (χ3v) is 14.1. The molecule has 0 aromatic heterocycles. The van der Waals surface area contributed by atoms with E-state index in [-0.39, 0.29) is 18.9 Å². The molecule has 2 heterocycles. The van der Waals surface area contributed by atoms with Gasteiger partial charge in [0, 0.05) is 6.42 Å². The second kappa shape index (κ2) is 50.6. The Hall–Kier alpha value is -3.87. The zero-order valence-corrected chi connectivity index (χ0v) is 49.5. The number of unbranched alkanes of at least 4 members (excludes halogenated alkanes) is 14. The van der Waals surface area contributed by atoms with E-state index in [4.69, 9.17) is 18.9 Å². The van der Waals surface area contributed by atoms with Crippen molar-refractivity contribution < 1.29 is 64.6 Å². The van der Waals surface area contributed by atoms with Gasteiger partial charge in [-0.05, 0) is 103 Å². The Kier molecular flexibility index (Phi) is 45.8. The first kappa shape index (κ1) is 73.2. The molecule has 9 N–H and O–H groups in total. The summed E-state index contributed by atoms with van der Waals surface area (Å²) in [4.78, 5) is 13.2. The zero-order chi connectivity index (χ0) is 58.8. The highest BCUT2D eigenvalue weighted by Gasteiger charge is 2.51. The van der Waals surface area contributed by atoms with E-state index in [9.17, 15) is 45.6 Å². The van der Waals surface area contributed by atoms with Crippen LogP contribution in [0.3, 0.4) is 0 Å². The number of carbonyl (C=O) groups is 1. The van der Waals surface area contributed by atoms with E-state index >= 15 is 0 Å². The summed E-state index contributed by atoms with van der Waals surface area (Å²) in [6, 6.07) is -0.946. The fourth-order valence-electron chi connectivity index (χ4n) is 9.17. The molecule has 0 bridgehead atoms. The van der Waals surface area contributed by atoms with E-state index in [2.05, 4.69) is 141 Å². The molecule has 0 radical (unpaired) electrons. The first-order chi connectivity index (χ1) is 39.6. The summed E-state index contributed by atoms with van der Waals surface area (Å²) >= 11 is 0. The van der Waals surface area contributed by atoms with Gasteiger partial charge in [0.05, 0.1) is 32.0 Å². The molecular formula is C67H109NO13. The van der Waals surface area contributed by atoms with Crippen LogP contribution in [0.4, 0.5) is 0 Å². The van der Waals surface area contributed by atoms with Crippen molar-refractivity contribution in [2.75, 3.05) is 19.8 Å². The van der Waals surface area contributed by atoms with Crippen LogP contribution in [0.5, 0.6) is 0 Å². The third-order valence-electron chi connectivity index (χ3n) is 14.1. The molecule has 2 aliphatic heterocycles. The van der Waals surface area contributed by atoms with Gasteiger partial charge in [0.1, 0.15) is 48.8 Å². The normalized spacial score (nSPS) is 25.1. The van der Waals surface area contributed by atoms with E-state index in [1.54, 1.807) is 6.08 Å². The second-order valence-corrected chi connectivity index (χ2v) is 21.0. The largest absolute Gasteiger partial charge is 0.394 e. The fraction of sp³-hybridized carbons (Fsp3) is 0.657. The van der Waals surface area contributed by atoms with Crippen LogP contribution in [-0.4, -0.2) is 140 Å². The van der Waals surface area contributed by atoms with Crippen molar-refractivity contribution in [2.24, 2.45) is 0 Å². The standard InChI is InChI=1S/C67H109NO13/c1-3-5-7-9-11-13-15-16-17-18-19-20-21-22-23-24-25-26-27-28-29-30-31-32-33-34-35-36-37-38-39-40-41-43-45-47-49-51-59(72)68-55(56(71)50-48-46-44-42-14-12-10-8-6-4-2)54-78-66-64(77)62(75)65(58(53-70)80-66)81-67-63(76)61(74)60(73)57(52-69)79-67/h5-8,11,13-14,16-17,19-20,22-23,25-26,28-29,31-32,42,48,50,55-58,60-67,69-71,73-77H,3-4,9-10,12,15,18,21,24,27,30,33-41,43-47,49,51-54H2,1-2H3,(H,68,72)/b7-5-,8-6+,13-11-,17-16-,20-19-,23-22-,26-25-,29-28-,32-31-,42-14+,50-48+. The van der Waals surface area contributed by atoms with E-state index in [0.29, 0.717) is 12.8 Å². The molecule has 2 aliphatic rings. The van der Waals surface area contributed by atoms with Gasteiger partial charge in [0.2, 0.25) is 5.91 Å². The number of rotatable bonds is 47. The highest BCUT2D eigenvalue weighted by Crippen LogP contribution is 2.30. The summed E-state index contributed by atoms with van der Waals surface area (Å²) in [5.74, 6) is -0.265. The lowest BCUT2D eigenvalue weighted by Gasteiger charge is -2.46. The number of nitrogens with one attached hydrogen (secondary N) is 1. The van der Waals surface area contributed by atoms with Crippen molar-refractivity contribution >= 4 is 5.91 Å². The van der Waals surface area contributed by atoms with E-state index in [0.717, 1.165) is 103 Å². The summed E-state index contributed by atoms with van der Waals surface area (Å²) in [6.45, 7) is 2.50. The Balaban J connectivity index is 1.61. The molecule has 81 heavy (non-hydrogen) atoms. The molecule has 0 aromatic rings. The number of aliphatic hydroxyl groups excluding tert-OH is 8. The molecule has 14 heteroatoms. The van der Waals surface area contributed by atoms with Crippen molar-refractivity contribution in [1.29, 1.82) is 0 Å². The van der Waals surface area contributed by atoms with Gasteiger partial charge in [0.25, 0.3) is 0 Å². The van der Waals surface area contributed by atoms with Crippen LogP contribution in [0, 0.1) is 0 Å². The molecule has 12 atom stereocenters. The third kappa shape index (κ3) is 35.8. The van der Waals surface area contributed by atoms with Crippen LogP contribution in [0.1, 0.15) is 187 Å². The fourth-order valence-corrected chi connectivity index (χ4v) is 9.17. The molecule has 12 unspecified atom stereocenters. The van der Waals surface area contributed by atoms with Crippen molar-refractivity contribution in [3.63, 3.8) is 0 Å². The Bertz CT molecular complexity index is 1870. The van der Waals surface area contributed by atoms with Gasteiger partial charge in [-0.1, -0.05) is 212 Å². The van der Waals surface area contributed by atoms with E-state index in [1.165, 1.54) is 51.4 Å². The number of hydrogen-bond donors (Lipinski definition) is 9. The lowest BCUT2D eigenvalue weighted by Crippen LogP contribution is -2.65. The van der Waals surface area contributed by atoms with Gasteiger partial charge < -0.3 is 65.1 Å². The number of hydrogen-bond acceptors (Lipinski definition) is 13. The maximum atomic E-state index is 13.2. The average Bonchev–Trinajstić information content (AvgIpc) is 3.51. The van der Waals surface area contributed by atoms with Crippen molar-refractivity contribution in [1.82, 2.24) is 5.32 Å². The average molecular weight is 1140 g/mol. The minimum Gasteiger partial charge on any atom is -0.394 e. The van der Waals surface area contributed by atoms with Gasteiger partial charge in [-0.3, -0.25) is 4.79 Å². The summed E-state index contributed by atoms with van der Waals surface area (Å²) in [5.41, 5.74) is 0. The lowest BCUT2D eigenvalue weighted by atomic mass is 9.97. The molecular weight excluding hydrogens is 1030 g/mol. The first-order valence-electron chi connectivity index (χ1n) is 30.9. The van der Waals surface area contributed by atoms with Gasteiger partial charge >= 0.3 is 0 Å². The molecule has 0 spiro atoms. The summed E-state index contributed by atoms with van der Waals surface area (Å²) in [5, 5.41) is 86.8. The van der Waals surface area contributed by atoms with Gasteiger partial charge in [0.15, 0.2) is 12.6 Å². The van der Waals surface area contributed by atoms with Crippen LogP contribution in [0.2, 0.25) is 0 Å². The predicted octanol–water partition coefficient (Wildman–Crippen LogP) is 11.2. The molecule has 0 aliphatic carbocycles. The highest BCUT2D eigenvalue weighted by molar-refractivity contribution is 5.76. The Morgan fingerprint density at radius 2 is 0.827 bits per heavy atom. The van der Waals surface area contributed by atoms with Gasteiger partial charge in [-0.25, -0.2) is 0 Å². The molecule has 1 amide bonds. The zero-order valence-electron chi connectivity index (χ0n) is 49.5. The number of carbonyl (C=O) groups excluding carboxylic acids is 1. The molecule has 460 valence electrons. The second-order valence-electron chi connectivity index (χ2n) is 21.0. The predicted molar refractivity (Wildman–Crippen MR) is 327 cm³/mol. The molecule has 2 rings (SSSR count). The molecule has 2 fully saturated rings. The molecule has 0 aromatic carbocycles. The Morgan fingerprint density at radius 1 is 0.444 bits per heavy atom. The molecule has 14 nitrogen and oxygen atoms in total. The van der Waals surface area contributed by atoms with E-state index in [1.807, 2.05) is 6.08 Å². The maximum absolute atomic E-state index is 13.2. The van der Waals surface area contributed by atoms with Crippen LogP contribution in [0.25, 0.3) is 0 Å². The van der Waals surface area contributed by atoms with Crippen LogP contribution < -0.4 is 5.32 Å². The number of allylic oxidation sites excluding steroid dienone is 21. The van der Waals surface area contributed by atoms with Crippen molar-refractivity contribution in [3.05, 3.63) is 134 Å². The van der Waals surface area contributed by atoms with Gasteiger partial charge in [-0.2, -0.15) is 0 Å². The molecule has 2 saturated heterocycles. The van der Waals surface area contributed by atoms with E-state index < -0.39 is 86.8 Å². The van der Waals surface area contributed by atoms with Crippen molar-refractivity contribution in [2.45, 2.75) is 261 Å². The number of amides is 1. The Morgan fingerprint density at radius 3 is 1.31 bits per heavy atom.